The smallest absolute Gasteiger partial charge is 0.258 e. The number of amides is 2. The Bertz CT molecular complexity index is 830. The van der Waals surface area contributed by atoms with Crippen LogP contribution in [-0.4, -0.2) is 51.3 Å². The summed E-state index contributed by atoms with van der Waals surface area (Å²) in [6.07, 6.45) is 3.56. The SMILES string of the molecule is COc1ccccc1OCC(=O)N[C@H]1CCCC[C@H]1NC(=O)COc1ccccc1OC. The van der Waals surface area contributed by atoms with Gasteiger partial charge in [0.15, 0.2) is 36.2 Å². The molecule has 2 aromatic rings. The van der Waals surface area contributed by atoms with Gasteiger partial charge in [-0.2, -0.15) is 0 Å². The summed E-state index contributed by atoms with van der Waals surface area (Å²) in [5.74, 6) is 1.66. The van der Waals surface area contributed by atoms with Crippen LogP contribution >= 0.6 is 0 Å². The summed E-state index contributed by atoms with van der Waals surface area (Å²) < 4.78 is 21.7. The highest BCUT2D eigenvalue weighted by atomic mass is 16.5. The fraction of sp³-hybridized carbons (Fsp3) is 0.417. The molecule has 0 aromatic heterocycles. The number of para-hydroxylation sites is 4. The third kappa shape index (κ3) is 6.54. The Labute approximate surface area is 188 Å². The molecule has 1 aliphatic carbocycles. The van der Waals surface area contributed by atoms with Crippen molar-refractivity contribution in [2.75, 3.05) is 27.4 Å². The molecule has 8 heteroatoms. The van der Waals surface area contributed by atoms with Crippen LogP contribution < -0.4 is 29.6 Å². The van der Waals surface area contributed by atoms with Crippen molar-refractivity contribution in [1.29, 1.82) is 0 Å². The second-order valence-electron chi connectivity index (χ2n) is 7.51. The molecule has 0 saturated heterocycles. The Morgan fingerprint density at radius 2 is 1.09 bits per heavy atom. The summed E-state index contributed by atoms with van der Waals surface area (Å²) in [6.45, 7) is -0.261. The molecule has 0 aliphatic heterocycles. The summed E-state index contributed by atoms with van der Waals surface area (Å²) in [7, 11) is 3.10. The average molecular weight is 443 g/mol. The molecule has 2 amide bonds. The Hall–Kier alpha value is -3.42. The normalized spacial score (nSPS) is 17.7. The van der Waals surface area contributed by atoms with Gasteiger partial charge in [-0.05, 0) is 37.1 Å². The zero-order valence-electron chi connectivity index (χ0n) is 18.5. The van der Waals surface area contributed by atoms with Gasteiger partial charge in [0.2, 0.25) is 0 Å². The highest BCUT2D eigenvalue weighted by Gasteiger charge is 2.28. The lowest BCUT2D eigenvalue weighted by molar-refractivity contribution is -0.127. The number of carbonyl (C=O) groups excluding carboxylic acids is 2. The van der Waals surface area contributed by atoms with Crippen molar-refractivity contribution in [2.45, 2.75) is 37.8 Å². The molecular formula is C24H30N2O6. The van der Waals surface area contributed by atoms with Crippen molar-refractivity contribution >= 4 is 11.8 Å². The molecule has 0 bridgehead atoms. The first kappa shape index (κ1) is 23.2. The zero-order valence-corrected chi connectivity index (χ0v) is 18.5. The average Bonchev–Trinajstić information content (AvgIpc) is 2.83. The fourth-order valence-electron chi connectivity index (χ4n) is 3.74. The predicted octanol–water partition coefficient (Wildman–Crippen LogP) is 2.71. The summed E-state index contributed by atoms with van der Waals surface area (Å²) >= 11 is 0. The minimum atomic E-state index is -0.243. The first-order valence-electron chi connectivity index (χ1n) is 10.7. The molecule has 2 atom stereocenters. The molecule has 0 heterocycles. The van der Waals surface area contributed by atoms with Gasteiger partial charge in [-0.1, -0.05) is 37.1 Å². The number of rotatable bonds is 10. The van der Waals surface area contributed by atoms with Crippen LogP contribution in [0.15, 0.2) is 48.5 Å². The van der Waals surface area contributed by atoms with Crippen molar-refractivity contribution in [3.05, 3.63) is 48.5 Å². The maximum atomic E-state index is 12.5. The van der Waals surface area contributed by atoms with Gasteiger partial charge in [0.05, 0.1) is 14.2 Å². The minimum absolute atomic E-state index is 0.131. The number of carbonyl (C=O) groups is 2. The molecule has 0 radical (unpaired) electrons. The van der Waals surface area contributed by atoms with Gasteiger partial charge in [-0.3, -0.25) is 9.59 Å². The highest BCUT2D eigenvalue weighted by Crippen LogP contribution is 2.26. The number of benzene rings is 2. The molecule has 3 rings (SSSR count). The first-order valence-corrected chi connectivity index (χ1v) is 10.7. The number of ether oxygens (including phenoxy) is 4. The Balaban J connectivity index is 1.49. The van der Waals surface area contributed by atoms with E-state index in [9.17, 15) is 9.59 Å². The lowest BCUT2D eigenvalue weighted by atomic mass is 9.90. The van der Waals surface area contributed by atoms with E-state index in [1.165, 1.54) is 0 Å². The van der Waals surface area contributed by atoms with E-state index in [-0.39, 0.29) is 37.1 Å². The summed E-state index contributed by atoms with van der Waals surface area (Å²) in [5, 5.41) is 5.99. The molecule has 8 nitrogen and oxygen atoms in total. The van der Waals surface area contributed by atoms with Gasteiger partial charge in [-0.25, -0.2) is 0 Å². The maximum absolute atomic E-state index is 12.5. The molecule has 0 spiro atoms. The lowest BCUT2D eigenvalue weighted by Crippen LogP contribution is -2.54. The van der Waals surface area contributed by atoms with Crippen LogP contribution in [-0.2, 0) is 9.59 Å². The van der Waals surface area contributed by atoms with Crippen molar-refractivity contribution in [3.8, 4) is 23.0 Å². The molecule has 1 saturated carbocycles. The summed E-state index contributed by atoms with van der Waals surface area (Å²) in [5.41, 5.74) is 0. The summed E-state index contributed by atoms with van der Waals surface area (Å²) in [6, 6.07) is 14.0. The van der Waals surface area contributed by atoms with E-state index in [1.54, 1.807) is 38.5 Å². The van der Waals surface area contributed by atoms with Gasteiger partial charge in [0, 0.05) is 12.1 Å². The Morgan fingerprint density at radius 1 is 0.719 bits per heavy atom. The second-order valence-corrected chi connectivity index (χ2v) is 7.51. The number of nitrogens with one attached hydrogen (secondary N) is 2. The monoisotopic (exact) mass is 442 g/mol. The summed E-state index contributed by atoms with van der Waals surface area (Å²) in [4.78, 5) is 24.9. The van der Waals surface area contributed by atoms with Crippen LogP contribution in [0.2, 0.25) is 0 Å². The van der Waals surface area contributed by atoms with Crippen LogP contribution in [0.25, 0.3) is 0 Å². The molecule has 1 fully saturated rings. The number of hydrogen-bond acceptors (Lipinski definition) is 6. The van der Waals surface area contributed by atoms with Gasteiger partial charge in [-0.15, -0.1) is 0 Å². The van der Waals surface area contributed by atoms with Crippen LogP contribution in [0, 0.1) is 0 Å². The Morgan fingerprint density at radius 3 is 1.47 bits per heavy atom. The third-order valence-electron chi connectivity index (χ3n) is 5.31. The van der Waals surface area contributed by atoms with Crippen molar-refractivity contribution < 1.29 is 28.5 Å². The first-order chi connectivity index (χ1) is 15.6. The molecule has 2 N–H and O–H groups in total. The standard InChI is InChI=1S/C24H30N2O6/c1-29-19-11-5-7-13-21(19)31-15-23(27)25-17-9-3-4-10-18(17)26-24(28)16-32-22-14-8-6-12-20(22)30-2/h5-8,11-14,17-18H,3-4,9-10,15-16H2,1-2H3,(H,25,27)(H,26,28)/t17-,18+. The predicted molar refractivity (Wildman–Crippen MR) is 119 cm³/mol. The third-order valence-corrected chi connectivity index (χ3v) is 5.31. The maximum Gasteiger partial charge on any atom is 0.258 e. The zero-order chi connectivity index (χ0) is 22.8. The van der Waals surface area contributed by atoms with E-state index in [2.05, 4.69) is 10.6 Å². The van der Waals surface area contributed by atoms with Gasteiger partial charge in [0.25, 0.3) is 11.8 Å². The topological polar surface area (TPSA) is 95.1 Å². The van der Waals surface area contributed by atoms with Crippen LogP contribution in [0.4, 0.5) is 0 Å². The van der Waals surface area contributed by atoms with Crippen LogP contribution in [0.5, 0.6) is 23.0 Å². The van der Waals surface area contributed by atoms with Crippen molar-refractivity contribution in [1.82, 2.24) is 10.6 Å². The number of methoxy groups -OCH3 is 2. The second kappa shape index (κ2) is 11.8. The van der Waals surface area contributed by atoms with E-state index >= 15 is 0 Å². The highest BCUT2D eigenvalue weighted by molar-refractivity contribution is 5.79. The molecule has 2 aromatic carbocycles. The fourth-order valence-corrected chi connectivity index (χ4v) is 3.74. The molecule has 32 heavy (non-hydrogen) atoms. The molecule has 0 unspecified atom stereocenters. The Kier molecular flexibility index (Phi) is 8.60. The van der Waals surface area contributed by atoms with E-state index in [0.717, 1.165) is 25.7 Å². The van der Waals surface area contributed by atoms with Crippen LogP contribution in [0.3, 0.4) is 0 Å². The largest absolute Gasteiger partial charge is 0.493 e. The van der Waals surface area contributed by atoms with Crippen molar-refractivity contribution in [2.24, 2.45) is 0 Å². The van der Waals surface area contributed by atoms with E-state index in [0.29, 0.717) is 23.0 Å². The van der Waals surface area contributed by atoms with Crippen molar-refractivity contribution in [3.63, 3.8) is 0 Å². The molecule has 1 aliphatic rings. The van der Waals surface area contributed by atoms with Gasteiger partial charge >= 0.3 is 0 Å². The van der Waals surface area contributed by atoms with Gasteiger partial charge in [0.1, 0.15) is 0 Å². The van der Waals surface area contributed by atoms with Crippen LogP contribution in [0.1, 0.15) is 25.7 Å². The van der Waals surface area contributed by atoms with E-state index < -0.39 is 0 Å². The van der Waals surface area contributed by atoms with E-state index in [4.69, 9.17) is 18.9 Å². The molecule has 172 valence electrons. The van der Waals surface area contributed by atoms with E-state index in [1.807, 2.05) is 24.3 Å². The van der Waals surface area contributed by atoms with Gasteiger partial charge < -0.3 is 29.6 Å². The molecular weight excluding hydrogens is 412 g/mol. The minimum Gasteiger partial charge on any atom is -0.493 e. The number of hydrogen-bond donors (Lipinski definition) is 2. The quantitative estimate of drug-likeness (QED) is 0.588. The lowest BCUT2D eigenvalue weighted by Gasteiger charge is -2.32.